The molecule has 11 nitrogen and oxygen atoms in total. The molecule has 0 unspecified atom stereocenters. The van der Waals surface area contributed by atoms with Crippen molar-refractivity contribution in [2.24, 2.45) is 5.92 Å². The normalized spacial score (nSPS) is 19.0. The fourth-order valence-corrected chi connectivity index (χ4v) is 4.48. The summed E-state index contributed by atoms with van der Waals surface area (Å²) in [6.07, 6.45) is 0.532. The van der Waals surface area contributed by atoms with E-state index in [4.69, 9.17) is 9.47 Å². The minimum absolute atomic E-state index is 0.0510. The third-order valence-corrected chi connectivity index (χ3v) is 6.83. The molecular weight excluding hydrogens is 488 g/mol. The van der Waals surface area contributed by atoms with Gasteiger partial charge < -0.3 is 24.8 Å². The molecule has 0 spiro atoms. The Morgan fingerprint density at radius 1 is 1.19 bits per heavy atom. The summed E-state index contributed by atoms with van der Waals surface area (Å²) in [5.74, 6) is -1.51. The predicted molar refractivity (Wildman–Crippen MR) is 132 cm³/mol. The van der Waals surface area contributed by atoms with E-state index in [1.54, 1.807) is 45.2 Å². The second-order valence-electron chi connectivity index (χ2n) is 8.45. The van der Waals surface area contributed by atoms with Crippen molar-refractivity contribution in [3.8, 4) is 5.75 Å². The van der Waals surface area contributed by atoms with Crippen LogP contribution >= 0.6 is 11.3 Å². The molecule has 3 atom stereocenters. The van der Waals surface area contributed by atoms with E-state index in [-0.39, 0.29) is 16.7 Å². The highest BCUT2D eigenvalue weighted by atomic mass is 32.1. The summed E-state index contributed by atoms with van der Waals surface area (Å²) in [7, 11) is 2.81. The van der Waals surface area contributed by atoms with E-state index in [1.165, 1.54) is 12.5 Å². The van der Waals surface area contributed by atoms with Crippen molar-refractivity contribution in [2.75, 3.05) is 32.8 Å². The van der Waals surface area contributed by atoms with Gasteiger partial charge in [0.25, 0.3) is 5.91 Å². The number of methoxy groups -OCH3 is 2. The average Bonchev–Trinajstić information content (AvgIpc) is 3.42. The van der Waals surface area contributed by atoms with Gasteiger partial charge in [0, 0.05) is 12.5 Å². The van der Waals surface area contributed by atoms with Gasteiger partial charge in [-0.25, -0.2) is 19.5 Å². The molecule has 36 heavy (non-hydrogen) atoms. The van der Waals surface area contributed by atoms with Crippen molar-refractivity contribution >= 4 is 40.3 Å². The standard InChI is InChI=1S/C24H30N4O7S/c1-6-14(2)18(19(29)26-22-25-17(13-36-22)20(30)34-5)28-21(31)24(3,27-23(28)32)15-7-9-16(10-8-15)35-12-11-33-4/h7-10,13-14,18H,6,11-12H2,1-5H3,(H,27,32)(H,25,26,29)/t14-,18+,24+/m1/s1. The van der Waals surface area contributed by atoms with Gasteiger partial charge in [0.1, 0.15) is 23.9 Å². The van der Waals surface area contributed by atoms with Crippen LogP contribution in [0.2, 0.25) is 0 Å². The minimum Gasteiger partial charge on any atom is -0.491 e. The lowest BCUT2D eigenvalue weighted by Crippen LogP contribution is -2.52. The number of hydrogen-bond donors (Lipinski definition) is 2. The topological polar surface area (TPSA) is 136 Å². The lowest BCUT2D eigenvalue weighted by Gasteiger charge is -2.30. The maximum absolute atomic E-state index is 13.6. The molecule has 12 heteroatoms. The summed E-state index contributed by atoms with van der Waals surface area (Å²) in [5.41, 5.74) is -0.767. The third kappa shape index (κ3) is 5.49. The van der Waals surface area contributed by atoms with Crippen molar-refractivity contribution in [1.29, 1.82) is 0 Å². The quantitative estimate of drug-likeness (QED) is 0.263. The van der Waals surface area contributed by atoms with Crippen molar-refractivity contribution < 1.29 is 33.4 Å². The van der Waals surface area contributed by atoms with Crippen LogP contribution in [-0.2, 0) is 24.6 Å². The van der Waals surface area contributed by atoms with Gasteiger partial charge in [-0.05, 0) is 30.5 Å². The molecule has 2 heterocycles. The molecule has 1 aromatic carbocycles. The second kappa shape index (κ2) is 11.5. The molecule has 1 fully saturated rings. The maximum Gasteiger partial charge on any atom is 0.357 e. The highest BCUT2D eigenvalue weighted by Gasteiger charge is 2.53. The van der Waals surface area contributed by atoms with Crippen molar-refractivity contribution in [2.45, 2.75) is 38.8 Å². The maximum atomic E-state index is 13.6. The van der Waals surface area contributed by atoms with E-state index in [9.17, 15) is 19.2 Å². The molecule has 0 aliphatic carbocycles. The molecule has 1 aliphatic heterocycles. The first-order valence-corrected chi connectivity index (χ1v) is 12.3. The molecule has 3 rings (SSSR count). The molecule has 2 aromatic rings. The number of nitrogens with zero attached hydrogens (tertiary/aromatic N) is 2. The summed E-state index contributed by atoms with van der Waals surface area (Å²) in [6.45, 7) is 6.07. The molecule has 2 N–H and O–H groups in total. The number of aromatic nitrogens is 1. The Balaban J connectivity index is 1.83. The number of imide groups is 1. The highest BCUT2D eigenvalue weighted by molar-refractivity contribution is 7.14. The fraction of sp³-hybridized carbons (Fsp3) is 0.458. The van der Waals surface area contributed by atoms with Crippen LogP contribution in [-0.4, -0.2) is 67.2 Å². The Bertz CT molecular complexity index is 1120. The van der Waals surface area contributed by atoms with Gasteiger partial charge in [0.05, 0.1) is 13.7 Å². The number of hydrogen-bond acceptors (Lipinski definition) is 9. The summed E-state index contributed by atoms with van der Waals surface area (Å²) in [4.78, 5) is 56.7. The van der Waals surface area contributed by atoms with Crippen LogP contribution in [0.1, 0.15) is 43.2 Å². The zero-order valence-electron chi connectivity index (χ0n) is 20.8. The van der Waals surface area contributed by atoms with Crippen LogP contribution in [0.5, 0.6) is 5.75 Å². The van der Waals surface area contributed by atoms with E-state index in [1.807, 2.05) is 6.92 Å². The fourth-order valence-electron chi connectivity index (χ4n) is 3.80. The van der Waals surface area contributed by atoms with E-state index >= 15 is 0 Å². The molecular formula is C24H30N4O7S. The Morgan fingerprint density at radius 2 is 1.89 bits per heavy atom. The Kier molecular flexibility index (Phi) is 8.64. The number of anilines is 1. The number of benzene rings is 1. The molecule has 1 aliphatic rings. The first-order chi connectivity index (χ1) is 17.2. The molecule has 0 radical (unpaired) electrons. The van der Waals surface area contributed by atoms with Gasteiger partial charge in [-0.3, -0.25) is 9.59 Å². The average molecular weight is 519 g/mol. The van der Waals surface area contributed by atoms with Crippen LogP contribution in [0, 0.1) is 5.92 Å². The Labute approximate surface area is 213 Å². The van der Waals surface area contributed by atoms with Gasteiger partial charge in [0.2, 0.25) is 5.91 Å². The first kappa shape index (κ1) is 27.1. The number of rotatable bonds is 11. The number of carbonyl (C=O) groups is 4. The van der Waals surface area contributed by atoms with Gasteiger partial charge in [-0.15, -0.1) is 11.3 Å². The van der Waals surface area contributed by atoms with Crippen molar-refractivity contribution in [3.63, 3.8) is 0 Å². The number of thiazole rings is 1. The minimum atomic E-state index is -1.37. The zero-order chi connectivity index (χ0) is 26.5. The molecule has 1 aromatic heterocycles. The van der Waals surface area contributed by atoms with E-state index < -0.39 is 35.4 Å². The lowest BCUT2D eigenvalue weighted by molar-refractivity contribution is -0.138. The summed E-state index contributed by atoms with van der Waals surface area (Å²) < 4.78 is 15.2. The lowest BCUT2D eigenvalue weighted by atomic mass is 9.90. The monoisotopic (exact) mass is 518 g/mol. The van der Waals surface area contributed by atoms with Crippen LogP contribution < -0.4 is 15.4 Å². The van der Waals surface area contributed by atoms with Crippen molar-refractivity contribution in [3.05, 3.63) is 40.9 Å². The van der Waals surface area contributed by atoms with Crippen LogP contribution in [0.4, 0.5) is 9.93 Å². The molecule has 0 saturated carbocycles. The SMILES string of the molecule is CC[C@@H](C)[C@@H](C(=O)Nc1nc(C(=O)OC)cs1)N1C(=O)N[C@@](C)(c2ccc(OCCOC)cc2)C1=O. The number of ether oxygens (including phenoxy) is 3. The largest absolute Gasteiger partial charge is 0.491 e. The molecule has 194 valence electrons. The smallest absolute Gasteiger partial charge is 0.357 e. The van der Waals surface area contributed by atoms with Gasteiger partial charge in [0.15, 0.2) is 10.8 Å². The Hall–Kier alpha value is -3.51. The molecule has 1 saturated heterocycles. The van der Waals surface area contributed by atoms with E-state index in [0.29, 0.717) is 30.9 Å². The first-order valence-electron chi connectivity index (χ1n) is 11.4. The zero-order valence-corrected chi connectivity index (χ0v) is 21.6. The van der Waals surface area contributed by atoms with E-state index in [0.717, 1.165) is 16.2 Å². The number of urea groups is 1. The second-order valence-corrected chi connectivity index (χ2v) is 9.30. The summed E-state index contributed by atoms with van der Waals surface area (Å²) in [5, 5.41) is 6.99. The van der Waals surface area contributed by atoms with Gasteiger partial charge >= 0.3 is 12.0 Å². The highest BCUT2D eigenvalue weighted by Crippen LogP contribution is 2.33. The molecule has 0 bridgehead atoms. The number of nitrogens with one attached hydrogen (secondary N) is 2. The Morgan fingerprint density at radius 3 is 2.50 bits per heavy atom. The third-order valence-electron chi connectivity index (χ3n) is 6.07. The number of amides is 4. The van der Waals surface area contributed by atoms with Crippen LogP contribution in [0.15, 0.2) is 29.6 Å². The van der Waals surface area contributed by atoms with Crippen LogP contribution in [0.25, 0.3) is 0 Å². The van der Waals surface area contributed by atoms with Gasteiger partial charge in [-0.2, -0.15) is 0 Å². The predicted octanol–water partition coefficient (Wildman–Crippen LogP) is 2.78. The number of carbonyl (C=O) groups excluding carboxylic acids is 4. The summed E-state index contributed by atoms with van der Waals surface area (Å²) >= 11 is 1.04. The van der Waals surface area contributed by atoms with E-state index in [2.05, 4.69) is 20.4 Å². The van der Waals surface area contributed by atoms with Gasteiger partial charge in [-0.1, -0.05) is 32.4 Å². The van der Waals surface area contributed by atoms with Crippen molar-refractivity contribution in [1.82, 2.24) is 15.2 Å². The molecule has 4 amide bonds. The number of esters is 1. The summed E-state index contributed by atoms with van der Waals surface area (Å²) in [6, 6.07) is 5.05. The van der Waals surface area contributed by atoms with Crippen LogP contribution in [0.3, 0.4) is 0 Å².